The van der Waals surface area contributed by atoms with Crippen LogP contribution in [0.25, 0.3) is 0 Å². The fourth-order valence-electron chi connectivity index (χ4n) is 10.0. The van der Waals surface area contributed by atoms with E-state index in [-0.39, 0.29) is 53.6 Å². The van der Waals surface area contributed by atoms with E-state index in [1.54, 1.807) is 0 Å². The van der Waals surface area contributed by atoms with Gasteiger partial charge in [0.2, 0.25) is 17.7 Å². The lowest BCUT2D eigenvalue weighted by atomic mass is 9.71. The van der Waals surface area contributed by atoms with Crippen LogP contribution in [0.3, 0.4) is 0 Å². The lowest BCUT2D eigenvalue weighted by Gasteiger charge is -2.47. The third-order valence-corrected chi connectivity index (χ3v) is 14.9. The number of aliphatic imine (C=N–C) groups is 1. The molecule has 1 unspecified atom stereocenters. The Kier molecular flexibility index (Phi) is 15.9. The standard InChI is InChI=1S/C55H62Cl2N8O9/c1-7-73-43-31-36(53(2,3)4)17-22-39(43)48-61-54(5,34-13-18-37(56)19-14-34)55(6,35-15-20-38(57)21-16-35)65(48)52(72)63-29-27-62(28-30-63)32-45(67)58-25-8-9-26-59-46(68)33-74-42-12-10-11-40-47(42)51(71)64(50(40)70)41-23-24-44(66)60-49(41)69/h10-22,31,41H,7-9,23-30,32-33H2,1-6H3,(H,58,67)(H,59,68)(H,60,66,69)/t41?,54-,55+/m0/s1. The van der Waals surface area contributed by atoms with E-state index < -0.39 is 53.3 Å². The first kappa shape index (κ1) is 53.5. The Balaban J connectivity index is 0.861. The number of urea groups is 1. The number of hydrogen-bond donors (Lipinski definition) is 3. The maximum Gasteiger partial charge on any atom is 0.326 e. The smallest absolute Gasteiger partial charge is 0.326 e. The van der Waals surface area contributed by atoms with E-state index in [1.165, 1.54) is 18.2 Å². The summed E-state index contributed by atoms with van der Waals surface area (Å²) in [6.45, 7) is 14.9. The number of ether oxygens (including phenoxy) is 2. The molecule has 0 aliphatic carbocycles. The van der Waals surface area contributed by atoms with Crippen molar-refractivity contribution in [3.05, 3.63) is 128 Å². The number of carbonyl (C=O) groups excluding carboxylic acids is 7. The molecule has 0 saturated carbocycles. The Labute approximate surface area is 440 Å². The van der Waals surface area contributed by atoms with E-state index in [0.29, 0.717) is 85.9 Å². The van der Waals surface area contributed by atoms with E-state index in [2.05, 4.69) is 42.8 Å². The second-order valence-corrected chi connectivity index (χ2v) is 21.1. The van der Waals surface area contributed by atoms with Crippen molar-refractivity contribution in [2.75, 3.05) is 59.0 Å². The molecule has 4 aliphatic rings. The van der Waals surface area contributed by atoms with Crippen LogP contribution in [-0.2, 0) is 35.7 Å². The van der Waals surface area contributed by atoms with Crippen LogP contribution in [-0.4, -0.2) is 132 Å². The summed E-state index contributed by atoms with van der Waals surface area (Å²) in [5.41, 5.74) is 1.17. The molecule has 0 radical (unpaired) electrons. The lowest BCUT2D eigenvalue weighted by molar-refractivity contribution is -0.136. The van der Waals surface area contributed by atoms with Crippen molar-refractivity contribution in [1.82, 2.24) is 35.6 Å². The molecule has 390 valence electrons. The van der Waals surface area contributed by atoms with Gasteiger partial charge in [0.1, 0.15) is 34.5 Å². The van der Waals surface area contributed by atoms with Gasteiger partial charge in [0.05, 0.1) is 29.8 Å². The second-order valence-electron chi connectivity index (χ2n) is 20.2. The molecule has 17 nitrogen and oxygen atoms in total. The summed E-state index contributed by atoms with van der Waals surface area (Å²) in [4.78, 5) is 104. The monoisotopic (exact) mass is 1050 g/mol. The number of piperazine rings is 1. The third-order valence-electron chi connectivity index (χ3n) is 14.4. The van der Waals surface area contributed by atoms with Gasteiger partial charge in [-0.2, -0.15) is 0 Å². The number of hydrogen-bond acceptors (Lipinski definition) is 11. The number of amidine groups is 1. The molecule has 3 atom stereocenters. The Morgan fingerprint density at radius 2 is 1.41 bits per heavy atom. The zero-order chi connectivity index (χ0) is 53.1. The van der Waals surface area contributed by atoms with Gasteiger partial charge < -0.3 is 25.0 Å². The normalized spacial score (nSPS) is 21.1. The van der Waals surface area contributed by atoms with Crippen LogP contribution in [0.5, 0.6) is 11.5 Å². The molecule has 74 heavy (non-hydrogen) atoms. The molecule has 2 saturated heterocycles. The number of rotatable bonds is 16. The largest absolute Gasteiger partial charge is 0.493 e. The summed E-state index contributed by atoms with van der Waals surface area (Å²) >= 11 is 12.9. The minimum absolute atomic E-state index is 0.00741. The number of carbonyl (C=O) groups is 7. The Morgan fingerprint density at radius 3 is 2.03 bits per heavy atom. The summed E-state index contributed by atoms with van der Waals surface area (Å²) < 4.78 is 12.0. The molecule has 4 aliphatic heterocycles. The summed E-state index contributed by atoms with van der Waals surface area (Å²) in [5, 5.41) is 9.03. The topological polar surface area (TPSA) is 199 Å². The summed E-state index contributed by atoms with van der Waals surface area (Å²) in [7, 11) is 0. The van der Waals surface area contributed by atoms with Gasteiger partial charge in [0, 0.05) is 55.7 Å². The zero-order valence-electron chi connectivity index (χ0n) is 42.5. The van der Waals surface area contributed by atoms with Crippen LogP contribution in [0.15, 0.2) is 89.9 Å². The van der Waals surface area contributed by atoms with Gasteiger partial charge in [0.25, 0.3) is 17.7 Å². The van der Waals surface area contributed by atoms with Crippen molar-refractivity contribution in [3.63, 3.8) is 0 Å². The number of fused-ring (bicyclic) bond motifs is 1. The maximum atomic E-state index is 15.5. The number of amides is 8. The quantitative estimate of drug-likeness (QED) is 0.0791. The number of unbranched alkanes of at least 4 members (excludes halogenated alkanes) is 1. The van der Waals surface area contributed by atoms with Crippen LogP contribution >= 0.6 is 23.2 Å². The number of nitrogens with zero attached hydrogens (tertiary/aromatic N) is 5. The molecule has 0 aromatic heterocycles. The van der Waals surface area contributed by atoms with E-state index in [0.717, 1.165) is 21.6 Å². The summed E-state index contributed by atoms with van der Waals surface area (Å²) in [5.74, 6) is -2.09. The minimum Gasteiger partial charge on any atom is -0.493 e. The van der Waals surface area contributed by atoms with Crippen LogP contribution in [0, 0.1) is 0 Å². The van der Waals surface area contributed by atoms with Gasteiger partial charge in [0.15, 0.2) is 6.61 Å². The van der Waals surface area contributed by atoms with E-state index in [1.807, 2.05) is 96.1 Å². The van der Waals surface area contributed by atoms with Gasteiger partial charge in [-0.25, -0.2) is 4.79 Å². The first-order chi connectivity index (χ1) is 35.2. The predicted octanol–water partition coefficient (Wildman–Crippen LogP) is 6.81. The van der Waals surface area contributed by atoms with Crippen molar-refractivity contribution < 1.29 is 43.0 Å². The Bertz CT molecular complexity index is 2880. The third kappa shape index (κ3) is 10.7. The molecule has 3 N–H and O–H groups in total. The van der Waals surface area contributed by atoms with Gasteiger partial charge in [-0.3, -0.25) is 53.8 Å². The zero-order valence-corrected chi connectivity index (χ0v) is 44.0. The SMILES string of the molecule is CCOc1cc(C(C)(C)C)ccc1C1=N[C@@](C)(c2ccc(Cl)cc2)[C@@](C)(c2ccc(Cl)cc2)N1C(=O)N1CCN(CC(=O)NCCCCNC(=O)COc2cccc3c2C(=O)N(C2CCC(=O)NC2=O)C3=O)CC1. The number of piperidine rings is 1. The van der Waals surface area contributed by atoms with Crippen LogP contribution < -0.4 is 25.4 Å². The molecule has 4 aromatic carbocycles. The van der Waals surface area contributed by atoms with Gasteiger partial charge in [-0.15, -0.1) is 0 Å². The summed E-state index contributed by atoms with van der Waals surface area (Å²) in [6, 6.07) is 24.3. The van der Waals surface area contributed by atoms with Gasteiger partial charge in [-0.1, -0.05) is 80.4 Å². The lowest BCUT2D eigenvalue weighted by Crippen LogP contribution is -2.61. The first-order valence-corrected chi connectivity index (χ1v) is 25.7. The van der Waals surface area contributed by atoms with Crippen molar-refractivity contribution in [1.29, 1.82) is 0 Å². The molecule has 0 bridgehead atoms. The van der Waals surface area contributed by atoms with Gasteiger partial charge >= 0.3 is 6.03 Å². The number of nitrogens with one attached hydrogen (secondary N) is 3. The molecule has 4 heterocycles. The summed E-state index contributed by atoms with van der Waals surface area (Å²) in [6.07, 6.45) is 1.15. The van der Waals surface area contributed by atoms with E-state index in [9.17, 15) is 28.8 Å². The molecule has 0 spiro atoms. The predicted molar refractivity (Wildman–Crippen MR) is 280 cm³/mol. The molecule has 19 heteroatoms. The van der Waals surface area contributed by atoms with Crippen molar-refractivity contribution in [2.24, 2.45) is 4.99 Å². The molecule has 8 rings (SSSR count). The highest BCUT2D eigenvalue weighted by molar-refractivity contribution is 6.31. The van der Waals surface area contributed by atoms with E-state index >= 15 is 4.79 Å². The van der Waals surface area contributed by atoms with Crippen molar-refractivity contribution in [3.8, 4) is 11.5 Å². The van der Waals surface area contributed by atoms with Crippen LogP contribution in [0.2, 0.25) is 10.0 Å². The minimum atomic E-state index is -1.13. The molecule has 8 amide bonds. The Morgan fingerprint density at radius 1 is 0.770 bits per heavy atom. The highest BCUT2D eigenvalue weighted by Gasteiger charge is 2.60. The van der Waals surface area contributed by atoms with Crippen molar-refractivity contribution in [2.45, 2.75) is 89.8 Å². The fourth-order valence-corrected chi connectivity index (χ4v) is 10.3. The van der Waals surface area contributed by atoms with Gasteiger partial charge in [-0.05, 0) is 111 Å². The molecule has 4 aromatic rings. The Hall–Kier alpha value is -6.82. The highest BCUT2D eigenvalue weighted by atomic mass is 35.5. The molecular formula is C55H62Cl2N8O9. The average Bonchev–Trinajstić information content (AvgIpc) is 3.77. The maximum absolute atomic E-state index is 15.5. The van der Waals surface area contributed by atoms with Crippen LogP contribution in [0.1, 0.15) is 110 Å². The highest BCUT2D eigenvalue weighted by Crippen LogP contribution is 2.54. The fraction of sp³-hybridized carbons (Fsp3) is 0.418. The molecule has 2 fully saturated rings. The van der Waals surface area contributed by atoms with Crippen molar-refractivity contribution >= 4 is 70.5 Å². The van der Waals surface area contributed by atoms with E-state index in [4.69, 9.17) is 37.7 Å². The number of halogens is 2. The number of imide groups is 2. The van der Waals surface area contributed by atoms with Crippen LogP contribution in [0.4, 0.5) is 4.79 Å². The second kappa shape index (κ2) is 21.9. The average molecular weight is 1050 g/mol. The number of benzene rings is 4. The molecular weight excluding hydrogens is 988 g/mol. The first-order valence-electron chi connectivity index (χ1n) is 25.0.